The molecule has 18 heavy (non-hydrogen) atoms. The number of hydrogen-bond donors (Lipinski definition) is 1. The van der Waals surface area contributed by atoms with E-state index in [4.69, 9.17) is 0 Å². The summed E-state index contributed by atoms with van der Waals surface area (Å²) in [4.78, 5) is 6.03. The van der Waals surface area contributed by atoms with Gasteiger partial charge in [-0.2, -0.15) is 13.2 Å². The van der Waals surface area contributed by atoms with Crippen LogP contribution in [0.1, 0.15) is 26.7 Å². The van der Waals surface area contributed by atoms with Gasteiger partial charge in [0.15, 0.2) is 5.96 Å². The highest BCUT2D eigenvalue weighted by molar-refractivity contribution is 14.0. The van der Waals surface area contributed by atoms with Crippen LogP contribution in [0, 0.1) is 5.41 Å². The van der Waals surface area contributed by atoms with Crippen LogP contribution in [0.15, 0.2) is 4.99 Å². The lowest BCUT2D eigenvalue weighted by Gasteiger charge is -2.23. The fourth-order valence-corrected chi connectivity index (χ4v) is 1.94. The number of rotatable bonds is 2. The van der Waals surface area contributed by atoms with Crippen LogP contribution in [0.4, 0.5) is 13.2 Å². The average Bonchev–Trinajstić information content (AvgIpc) is 2.52. The van der Waals surface area contributed by atoms with Gasteiger partial charge in [-0.05, 0) is 11.8 Å². The fourth-order valence-electron chi connectivity index (χ4n) is 1.94. The van der Waals surface area contributed by atoms with E-state index in [0.29, 0.717) is 5.96 Å². The lowest BCUT2D eigenvalue weighted by molar-refractivity contribution is -0.132. The van der Waals surface area contributed by atoms with E-state index in [2.05, 4.69) is 24.2 Å². The van der Waals surface area contributed by atoms with Gasteiger partial charge in [0.25, 0.3) is 0 Å². The Morgan fingerprint density at radius 3 is 2.39 bits per heavy atom. The van der Waals surface area contributed by atoms with Gasteiger partial charge in [0.2, 0.25) is 0 Å². The van der Waals surface area contributed by atoms with Crippen LogP contribution in [0.2, 0.25) is 0 Å². The van der Waals surface area contributed by atoms with Crippen molar-refractivity contribution < 1.29 is 13.2 Å². The van der Waals surface area contributed by atoms with Crippen molar-refractivity contribution in [3.63, 3.8) is 0 Å². The number of nitrogens with zero attached hydrogens (tertiary/aromatic N) is 2. The molecule has 0 amide bonds. The standard InChI is InChI=1S/C11H20F3N3.HI/c1-10(2)5-7-17(8-10)9(15-3)16-6-4-11(12,13)14;/h4-8H2,1-3H3,(H,15,16);1H. The van der Waals surface area contributed by atoms with Gasteiger partial charge in [0, 0.05) is 26.7 Å². The van der Waals surface area contributed by atoms with Gasteiger partial charge in [0.05, 0.1) is 6.42 Å². The second-order valence-corrected chi connectivity index (χ2v) is 5.17. The van der Waals surface area contributed by atoms with E-state index in [1.807, 2.05) is 4.90 Å². The molecule has 1 heterocycles. The largest absolute Gasteiger partial charge is 0.390 e. The maximum atomic E-state index is 12.0. The number of halogens is 4. The molecule has 3 nitrogen and oxygen atoms in total. The second kappa shape index (κ2) is 6.81. The zero-order valence-corrected chi connectivity index (χ0v) is 13.3. The van der Waals surface area contributed by atoms with Crippen LogP contribution >= 0.6 is 24.0 Å². The van der Waals surface area contributed by atoms with Crippen molar-refractivity contribution in [1.29, 1.82) is 0 Å². The topological polar surface area (TPSA) is 27.6 Å². The van der Waals surface area contributed by atoms with Gasteiger partial charge in [0.1, 0.15) is 0 Å². The molecule has 0 bridgehead atoms. The van der Waals surface area contributed by atoms with Gasteiger partial charge in [-0.1, -0.05) is 13.8 Å². The van der Waals surface area contributed by atoms with Crippen molar-refractivity contribution >= 4 is 29.9 Å². The number of likely N-dealkylation sites (tertiary alicyclic amines) is 1. The first-order chi connectivity index (χ1) is 7.73. The molecule has 0 aromatic carbocycles. The Morgan fingerprint density at radius 2 is 2.00 bits per heavy atom. The molecule has 0 aromatic rings. The van der Waals surface area contributed by atoms with Gasteiger partial charge in [-0.25, -0.2) is 0 Å². The molecule has 0 aliphatic carbocycles. The summed E-state index contributed by atoms with van der Waals surface area (Å²) in [7, 11) is 1.60. The SMILES string of the molecule is CN=C(NCCC(F)(F)F)N1CCC(C)(C)C1.I. The Morgan fingerprint density at radius 1 is 1.39 bits per heavy atom. The highest BCUT2D eigenvalue weighted by atomic mass is 127. The van der Waals surface area contributed by atoms with Crippen LogP contribution in [0.25, 0.3) is 0 Å². The molecule has 1 N–H and O–H groups in total. The summed E-state index contributed by atoms with van der Waals surface area (Å²) in [6.07, 6.45) is -3.91. The van der Waals surface area contributed by atoms with Gasteiger partial charge >= 0.3 is 6.18 Å². The van der Waals surface area contributed by atoms with E-state index in [0.717, 1.165) is 19.5 Å². The number of hydrogen-bond acceptors (Lipinski definition) is 1. The fraction of sp³-hybridized carbons (Fsp3) is 0.909. The molecule has 0 unspecified atom stereocenters. The zero-order chi connectivity index (χ0) is 13.1. The molecule has 0 radical (unpaired) electrons. The Bertz CT molecular complexity index is 290. The van der Waals surface area contributed by atoms with Crippen molar-refractivity contribution in [2.75, 3.05) is 26.7 Å². The maximum absolute atomic E-state index is 12.0. The summed E-state index contributed by atoms with van der Waals surface area (Å²) in [5, 5.41) is 2.76. The normalized spacial score (nSPS) is 19.7. The van der Waals surface area contributed by atoms with E-state index in [-0.39, 0.29) is 35.9 Å². The summed E-state index contributed by atoms with van der Waals surface area (Å²) in [5.41, 5.74) is 0.210. The second-order valence-electron chi connectivity index (χ2n) is 5.17. The van der Waals surface area contributed by atoms with Gasteiger partial charge in [-0.3, -0.25) is 4.99 Å². The third kappa shape index (κ3) is 6.10. The third-order valence-corrected chi connectivity index (χ3v) is 2.88. The van der Waals surface area contributed by atoms with E-state index < -0.39 is 12.6 Å². The maximum Gasteiger partial charge on any atom is 0.390 e. The molecule has 1 saturated heterocycles. The average molecular weight is 379 g/mol. The number of aliphatic imine (C=N–C) groups is 1. The molecule has 0 saturated carbocycles. The third-order valence-electron chi connectivity index (χ3n) is 2.88. The lowest BCUT2D eigenvalue weighted by atomic mass is 9.93. The summed E-state index contributed by atoms with van der Waals surface area (Å²) >= 11 is 0. The first-order valence-corrected chi connectivity index (χ1v) is 5.76. The molecule has 0 spiro atoms. The van der Waals surface area contributed by atoms with Crippen LogP contribution in [-0.2, 0) is 0 Å². The molecule has 108 valence electrons. The number of nitrogens with one attached hydrogen (secondary N) is 1. The smallest absolute Gasteiger partial charge is 0.356 e. The van der Waals surface area contributed by atoms with Crippen molar-refractivity contribution in [2.24, 2.45) is 10.4 Å². The Hall–Kier alpha value is -0.210. The van der Waals surface area contributed by atoms with Crippen LogP contribution in [-0.4, -0.2) is 43.7 Å². The molecule has 1 aliphatic heterocycles. The van der Waals surface area contributed by atoms with E-state index in [1.54, 1.807) is 7.05 Å². The van der Waals surface area contributed by atoms with E-state index in [1.165, 1.54) is 0 Å². The van der Waals surface area contributed by atoms with Crippen molar-refractivity contribution in [1.82, 2.24) is 10.2 Å². The molecule has 0 aromatic heterocycles. The van der Waals surface area contributed by atoms with Crippen LogP contribution in [0.3, 0.4) is 0 Å². The summed E-state index contributed by atoms with van der Waals surface area (Å²) in [5.74, 6) is 0.569. The van der Waals surface area contributed by atoms with E-state index >= 15 is 0 Å². The van der Waals surface area contributed by atoms with Gasteiger partial charge in [-0.15, -0.1) is 24.0 Å². The van der Waals surface area contributed by atoms with Crippen molar-refractivity contribution in [3.05, 3.63) is 0 Å². The minimum Gasteiger partial charge on any atom is -0.356 e. The Labute approximate surface area is 123 Å². The number of guanidine groups is 1. The van der Waals surface area contributed by atoms with E-state index in [9.17, 15) is 13.2 Å². The van der Waals surface area contributed by atoms with Crippen LogP contribution in [0.5, 0.6) is 0 Å². The monoisotopic (exact) mass is 379 g/mol. The molecule has 1 aliphatic rings. The van der Waals surface area contributed by atoms with Crippen molar-refractivity contribution in [2.45, 2.75) is 32.9 Å². The number of alkyl halides is 3. The predicted molar refractivity (Wildman–Crippen MR) is 77.4 cm³/mol. The molecule has 0 atom stereocenters. The minimum atomic E-state index is -4.11. The highest BCUT2D eigenvalue weighted by Gasteiger charge is 2.31. The Balaban J connectivity index is 0.00000289. The zero-order valence-electron chi connectivity index (χ0n) is 11.0. The van der Waals surface area contributed by atoms with Crippen molar-refractivity contribution in [3.8, 4) is 0 Å². The van der Waals surface area contributed by atoms with Crippen LogP contribution < -0.4 is 5.32 Å². The minimum absolute atomic E-state index is 0. The Kier molecular flexibility index (Phi) is 6.73. The molecular weight excluding hydrogens is 358 g/mol. The molecule has 7 heteroatoms. The molecule has 1 fully saturated rings. The highest BCUT2D eigenvalue weighted by Crippen LogP contribution is 2.28. The van der Waals surface area contributed by atoms with Gasteiger partial charge < -0.3 is 10.2 Å². The first kappa shape index (κ1) is 17.8. The molecular formula is C11H21F3IN3. The quantitative estimate of drug-likeness (QED) is 0.454. The first-order valence-electron chi connectivity index (χ1n) is 5.76. The summed E-state index contributed by atoms with van der Waals surface area (Å²) < 4.78 is 36.1. The summed E-state index contributed by atoms with van der Waals surface area (Å²) in [6.45, 7) is 5.86. The lowest BCUT2D eigenvalue weighted by Crippen LogP contribution is -2.41. The molecule has 1 rings (SSSR count). The summed E-state index contributed by atoms with van der Waals surface area (Å²) in [6, 6.07) is 0. The predicted octanol–water partition coefficient (Wildman–Crippen LogP) is 2.86.